The van der Waals surface area contributed by atoms with Crippen LogP contribution in [0, 0.1) is 5.92 Å². The molecule has 8 nitrogen and oxygen atoms in total. The monoisotopic (exact) mass is 656 g/mol. The average molecular weight is 657 g/mol. The number of carbonyl (C=O) groups is 1. The number of aliphatic hydroxyl groups excluding tert-OH is 1. The molecule has 0 spiro atoms. The Kier molecular flexibility index (Phi) is 11.7. The molecule has 0 aromatic carbocycles. The van der Waals surface area contributed by atoms with Crippen molar-refractivity contribution in [1.29, 1.82) is 0 Å². The van der Waals surface area contributed by atoms with Gasteiger partial charge in [-0.05, 0) is 110 Å². The van der Waals surface area contributed by atoms with Gasteiger partial charge in [-0.3, -0.25) is 4.79 Å². The van der Waals surface area contributed by atoms with Crippen LogP contribution in [0.25, 0.3) is 0 Å². The Labute approximate surface area is 282 Å². The number of aldehydes is 1. The first kappa shape index (κ1) is 36.6. The van der Waals surface area contributed by atoms with Crippen LogP contribution in [0.2, 0.25) is 0 Å². The molecule has 5 aliphatic heterocycles. The maximum absolute atomic E-state index is 11.7. The van der Waals surface area contributed by atoms with Crippen LogP contribution in [0.3, 0.4) is 0 Å². The summed E-state index contributed by atoms with van der Waals surface area (Å²) < 4.78 is 34.2. The highest BCUT2D eigenvalue weighted by Gasteiger charge is 2.58. The molecule has 0 bridgehead atoms. The lowest BCUT2D eigenvalue weighted by molar-refractivity contribution is -0.273. The first-order chi connectivity index (χ1) is 22.3. The third-order valence-electron chi connectivity index (χ3n) is 11.9. The van der Waals surface area contributed by atoms with E-state index in [2.05, 4.69) is 39.5 Å². The molecule has 5 aliphatic rings. The van der Waals surface area contributed by atoms with E-state index in [1.165, 1.54) is 0 Å². The molecular weight excluding hydrogens is 596 g/mol. The molecule has 0 aromatic heterocycles. The first-order valence-electron chi connectivity index (χ1n) is 18.1. The van der Waals surface area contributed by atoms with E-state index in [0.717, 1.165) is 68.8 Å². The molecule has 13 atom stereocenters. The molecule has 0 unspecified atom stereocenters. The molecule has 5 fully saturated rings. The zero-order valence-corrected chi connectivity index (χ0v) is 29.6. The van der Waals surface area contributed by atoms with Crippen molar-refractivity contribution in [3.05, 3.63) is 48.1 Å². The van der Waals surface area contributed by atoms with Crippen LogP contribution in [-0.4, -0.2) is 88.2 Å². The van der Waals surface area contributed by atoms with Gasteiger partial charge in [-0.25, -0.2) is 0 Å². The maximum atomic E-state index is 11.7. The number of aliphatic hydroxyl groups is 2. The second-order valence-corrected chi connectivity index (χ2v) is 15.7. The standard InChI is InChI=1S/C39H60O8/c1-8-9-10-11-15-33-37(5,42)19-16-30-31(43-33)17-20-38(6)35(44-30)23-32-36(47-38)28(41)24-39(7)34(45-32)22-27(4)29(46-39)14-12-13-25(2)26(3)18-21-40/h8-10,13,18,21,27-36,41-42H,1,11-12,14-17,19-20,22-24H2,2-7H3/t27-,28-,29-,30+,31-,32+,33+,34-,35-,36-,37+,38+,39+/m0/s1. The van der Waals surface area contributed by atoms with Gasteiger partial charge in [-0.2, -0.15) is 0 Å². The van der Waals surface area contributed by atoms with Gasteiger partial charge in [-0.1, -0.05) is 43.4 Å². The van der Waals surface area contributed by atoms with Gasteiger partial charge in [0, 0.05) is 12.8 Å². The van der Waals surface area contributed by atoms with Crippen LogP contribution in [0.15, 0.2) is 48.1 Å². The predicted octanol–water partition coefficient (Wildman–Crippen LogP) is 6.48. The molecule has 0 saturated carbocycles. The number of ether oxygens (including phenoxy) is 5. The zero-order valence-electron chi connectivity index (χ0n) is 29.6. The van der Waals surface area contributed by atoms with Crippen molar-refractivity contribution in [3.8, 4) is 0 Å². The summed E-state index contributed by atoms with van der Waals surface area (Å²) in [6, 6.07) is 0. The normalized spacial score (nSPS) is 46.2. The molecule has 0 amide bonds. The van der Waals surface area contributed by atoms with E-state index in [-0.39, 0.29) is 42.7 Å². The van der Waals surface area contributed by atoms with Crippen molar-refractivity contribution in [2.24, 2.45) is 5.92 Å². The van der Waals surface area contributed by atoms with E-state index >= 15 is 0 Å². The Morgan fingerprint density at radius 1 is 0.894 bits per heavy atom. The van der Waals surface area contributed by atoms with E-state index in [9.17, 15) is 15.0 Å². The van der Waals surface area contributed by atoms with Gasteiger partial charge in [0.1, 0.15) is 12.4 Å². The van der Waals surface area contributed by atoms with Gasteiger partial charge in [0.25, 0.3) is 0 Å². The first-order valence-corrected chi connectivity index (χ1v) is 18.1. The predicted molar refractivity (Wildman–Crippen MR) is 182 cm³/mol. The Bertz CT molecular complexity index is 1190. The molecule has 2 N–H and O–H groups in total. The highest BCUT2D eigenvalue weighted by molar-refractivity contribution is 5.67. The molecule has 5 heterocycles. The second-order valence-electron chi connectivity index (χ2n) is 15.7. The van der Waals surface area contributed by atoms with E-state index in [1.807, 2.05) is 26.8 Å². The summed E-state index contributed by atoms with van der Waals surface area (Å²) in [6.07, 6.45) is 16.0. The van der Waals surface area contributed by atoms with Crippen molar-refractivity contribution in [3.63, 3.8) is 0 Å². The lowest BCUT2D eigenvalue weighted by atomic mass is 9.79. The van der Waals surface area contributed by atoms with Gasteiger partial charge in [0.05, 0.1) is 65.6 Å². The minimum absolute atomic E-state index is 0.0469. The number of carbonyl (C=O) groups excluding carboxylic acids is 1. The lowest BCUT2D eigenvalue weighted by Crippen LogP contribution is -2.59. The Morgan fingerprint density at radius 3 is 2.34 bits per heavy atom. The highest BCUT2D eigenvalue weighted by Crippen LogP contribution is 2.49. The SMILES string of the molecule is C=CC=CCC[C@H]1O[C@H]2CC[C@@]3(C)O[C@H]4[C@@H](O)C[C@@]5(C)O[C@@H](CCC=C(C)C(C)=CC=O)[C@@H](C)C[C@@H]5O[C@@H]4C[C@@H]3O[C@@H]2CC[C@@]1(C)O. The minimum Gasteiger partial charge on any atom is -0.390 e. The Balaban J connectivity index is 1.26. The van der Waals surface area contributed by atoms with E-state index in [0.29, 0.717) is 25.2 Å². The van der Waals surface area contributed by atoms with Crippen LogP contribution in [0.1, 0.15) is 112 Å². The molecule has 0 radical (unpaired) electrons. The van der Waals surface area contributed by atoms with Crippen LogP contribution in [0.4, 0.5) is 0 Å². The lowest BCUT2D eigenvalue weighted by Gasteiger charge is -2.49. The largest absolute Gasteiger partial charge is 0.390 e. The molecule has 264 valence electrons. The molecule has 8 heteroatoms. The summed E-state index contributed by atoms with van der Waals surface area (Å²) in [5.74, 6) is 0.294. The number of rotatable bonds is 9. The molecule has 5 saturated heterocycles. The van der Waals surface area contributed by atoms with Gasteiger partial charge in [0.2, 0.25) is 0 Å². The van der Waals surface area contributed by atoms with Crippen LogP contribution in [-0.2, 0) is 28.5 Å². The Hall–Kier alpha value is -1.65. The second kappa shape index (κ2) is 15.1. The average Bonchev–Trinajstić information content (AvgIpc) is 3.27. The van der Waals surface area contributed by atoms with E-state index in [1.54, 1.807) is 12.2 Å². The quantitative estimate of drug-likeness (QED) is 0.165. The van der Waals surface area contributed by atoms with Crippen LogP contribution < -0.4 is 0 Å². The van der Waals surface area contributed by atoms with Gasteiger partial charge < -0.3 is 33.9 Å². The molecule has 47 heavy (non-hydrogen) atoms. The number of hydrogen-bond acceptors (Lipinski definition) is 8. The van der Waals surface area contributed by atoms with E-state index < -0.39 is 29.0 Å². The summed E-state index contributed by atoms with van der Waals surface area (Å²) in [5.41, 5.74) is -0.0535. The summed E-state index contributed by atoms with van der Waals surface area (Å²) >= 11 is 0. The Morgan fingerprint density at radius 2 is 1.60 bits per heavy atom. The smallest absolute Gasteiger partial charge is 0.143 e. The topological polar surface area (TPSA) is 104 Å². The third-order valence-corrected chi connectivity index (χ3v) is 11.9. The van der Waals surface area contributed by atoms with Crippen LogP contribution in [0.5, 0.6) is 0 Å². The molecule has 0 aliphatic carbocycles. The molecule has 0 aromatic rings. The summed E-state index contributed by atoms with van der Waals surface area (Å²) in [4.78, 5) is 10.9. The van der Waals surface area contributed by atoms with Gasteiger partial charge in [0.15, 0.2) is 0 Å². The summed E-state index contributed by atoms with van der Waals surface area (Å²) in [6.45, 7) is 16.1. The molecule has 5 rings (SSSR count). The number of hydrogen-bond donors (Lipinski definition) is 2. The summed E-state index contributed by atoms with van der Waals surface area (Å²) in [7, 11) is 0. The minimum atomic E-state index is -0.926. The van der Waals surface area contributed by atoms with Crippen molar-refractivity contribution < 1.29 is 38.7 Å². The van der Waals surface area contributed by atoms with Crippen molar-refractivity contribution in [2.75, 3.05) is 0 Å². The fraction of sp³-hybridized carbons (Fsp3) is 0.769. The van der Waals surface area contributed by atoms with Crippen molar-refractivity contribution in [2.45, 2.75) is 184 Å². The maximum Gasteiger partial charge on any atom is 0.143 e. The summed E-state index contributed by atoms with van der Waals surface area (Å²) in [5, 5.41) is 23.0. The fourth-order valence-corrected chi connectivity index (χ4v) is 8.63. The van der Waals surface area contributed by atoms with E-state index in [4.69, 9.17) is 23.7 Å². The highest BCUT2D eigenvalue weighted by atomic mass is 16.6. The molecular formula is C39H60O8. The number of allylic oxidation sites excluding steroid dienone is 7. The van der Waals surface area contributed by atoms with Gasteiger partial charge in [-0.15, -0.1) is 0 Å². The number of fused-ring (bicyclic) bond motifs is 4. The van der Waals surface area contributed by atoms with Crippen LogP contribution >= 0.6 is 0 Å². The van der Waals surface area contributed by atoms with Crippen molar-refractivity contribution in [1.82, 2.24) is 0 Å². The third kappa shape index (κ3) is 8.22. The zero-order chi connectivity index (χ0) is 34.0. The van der Waals surface area contributed by atoms with Crippen molar-refractivity contribution >= 4 is 6.29 Å². The fourth-order valence-electron chi connectivity index (χ4n) is 8.63. The van der Waals surface area contributed by atoms with Gasteiger partial charge >= 0.3 is 0 Å².